The monoisotopic (exact) mass is 583 g/mol. The van der Waals surface area contributed by atoms with E-state index in [9.17, 15) is 49.4 Å². The van der Waals surface area contributed by atoms with Crippen LogP contribution in [0.3, 0.4) is 0 Å². The topological polar surface area (TPSA) is 40.5 Å². The number of hydrogen-bond acceptors (Lipinski definition) is 2. The summed E-state index contributed by atoms with van der Waals surface area (Å²) >= 11 is 0. The summed E-state index contributed by atoms with van der Waals surface area (Å²) < 4.78 is 123. The van der Waals surface area contributed by atoms with Gasteiger partial charge in [0.25, 0.3) is 0 Å². The van der Waals surface area contributed by atoms with Crippen LogP contribution in [0.25, 0.3) is 0 Å². The molecule has 1 heterocycles. The predicted molar refractivity (Wildman–Crippen MR) is 129 cm³/mol. The second-order valence-electron chi connectivity index (χ2n) is 10.6. The zero-order chi connectivity index (χ0) is 30.0. The second-order valence-corrected chi connectivity index (χ2v) is 10.6. The molecule has 1 N–H and O–H groups in total. The summed E-state index contributed by atoms with van der Waals surface area (Å²) in [5, 5.41) is 9.31. The lowest BCUT2D eigenvalue weighted by molar-refractivity contribution is -0.142. The summed E-state index contributed by atoms with van der Waals surface area (Å²) in [5.74, 6) is -1.52. The Hall–Kier alpha value is -2.76. The van der Waals surface area contributed by atoms with Gasteiger partial charge in [-0.05, 0) is 85.5 Å². The Balaban J connectivity index is 2.18. The van der Waals surface area contributed by atoms with Crippen molar-refractivity contribution in [3.63, 3.8) is 0 Å². The number of carboxylic acids is 1. The van der Waals surface area contributed by atoms with Gasteiger partial charge in [0, 0.05) is 18.5 Å². The van der Waals surface area contributed by atoms with Crippen LogP contribution in [0.4, 0.5) is 39.5 Å². The van der Waals surface area contributed by atoms with E-state index >= 15 is 0 Å². The third kappa shape index (κ3) is 7.92. The number of rotatable bonds is 8. The van der Waals surface area contributed by atoms with Crippen molar-refractivity contribution in [1.82, 2.24) is 4.90 Å². The van der Waals surface area contributed by atoms with Gasteiger partial charge in [-0.25, -0.2) is 0 Å². The first-order valence-electron chi connectivity index (χ1n) is 12.8. The molecule has 3 rings (SSSR count). The molecule has 1 aliphatic heterocycles. The molecule has 0 spiro atoms. The van der Waals surface area contributed by atoms with Crippen molar-refractivity contribution in [2.75, 3.05) is 6.54 Å². The van der Waals surface area contributed by atoms with Crippen molar-refractivity contribution in [2.24, 2.45) is 11.8 Å². The van der Waals surface area contributed by atoms with Crippen LogP contribution in [0.15, 0.2) is 42.5 Å². The molecular weight excluding hydrogens is 553 g/mol. The number of nitrogens with zero attached hydrogens (tertiary/aromatic N) is 1. The zero-order valence-electron chi connectivity index (χ0n) is 21.8. The number of hydrogen-bond donors (Lipinski definition) is 1. The molecule has 2 aromatic rings. The number of alkyl halides is 9. The van der Waals surface area contributed by atoms with Gasteiger partial charge >= 0.3 is 24.5 Å². The third-order valence-electron chi connectivity index (χ3n) is 7.30. The van der Waals surface area contributed by atoms with E-state index in [4.69, 9.17) is 0 Å². The van der Waals surface area contributed by atoms with Crippen LogP contribution >= 0.6 is 0 Å². The molecule has 0 saturated carbocycles. The van der Waals surface area contributed by atoms with Gasteiger partial charge in [-0.3, -0.25) is 9.69 Å². The van der Waals surface area contributed by atoms with Crippen LogP contribution in [0.5, 0.6) is 0 Å². The van der Waals surface area contributed by atoms with Gasteiger partial charge in [0.2, 0.25) is 0 Å². The maximum atomic E-state index is 14.1. The number of likely N-dealkylation sites (tertiary alicyclic amines) is 1. The fraction of sp³-hybridized carbons (Fsp3) is 0.536. The summed E-state index contributed by atoms with van der Waals surface area (Å²) in [6, 6.07) is 3.42. The second kappa shape index (κ2) is 12.0. The first-order valence-corrected chi connectivity index (χ1v) is 12.8. The van der Waals surface area contributed by atoms with Gasteiger partial charge in [-0.1, -0.05) is 26.0 Å². The molecule has 3 atom stereocenters. The first-order chi connectivity index (χ1) is 18.4. The summed E-state index contributed by atoms with van der Waals surface area (Å²) in [7, 11) is 0. The molecule has 0 radical (unpaired) electrons. The van der Waals surface area contributed by atoms with Crippen molar-refractivity contribution in [3.8, 4) is 0 Å². The maximum Gasteiger partial charge on any atom is 0.416 e. The molecule has 1 fully saturated rings. The summed E-state index contributed by atoms with van der Waals surface area (Å²) in [6.45, 7) is 3.69. The number of halogens is 9. The average Bonchev–Trinajstić information content (AvgIpc) is 2.82. The van der Waals surface area contributed by atoms with E-state index in [2.05, 4.69) is 0 Å². The Morgan fingerprint density at radius 2 is 1.45 bits per heavy atom. The third-order valence-corrected chi connectivity index (χ3v) is 7.30. The number of carboxylic acid groups (broad SMARTS) is 1. The highest BCUT2D eigenvalue weighted by Crippen LogP contribution is 2.47. The SMILES string of the molecule is CC(C)CC[C@@H](c1cc(C(F)(F)F)ccc1C(F)(F)F)N1CC[C@H](CC(=O)O)C[C@H]1c1ccc(C(F)(F)F)cc1. The molecule has 40 heavy (non-hydrogen) atoms. The Kier molecular flexibility index (Phi) is 9.53. The van der Waals surface area contributed by atoms with E-state index in [0.717, 1.165) is 12.1 Å². The van der Waals surface area contributed by atoms with E-state index in [1.807, 2.05) is 13.8 Å². The fourth-order valence-corrected chi connectivity index (χ4v) is 5.35. The fourth-order valence-electron chi connectivity index (χ4n) is 5.35. The molecule has 0 aromatic heterocycles. The molecule has 3 nitrogen and oxygen atoms in total. The number of aliphatic carboxylic acids is 1. The highest BCUT2D eigenvalue weighted by Gasteiger charge is 2.42. The molecule has 0 unspecified atom stereocenters. The van der Waals surface area contributed by atoms with E-state index in [-0.39, 0.29) is 38.1 Å². The Morgan fingerprint density at radius 3 is 1.95 bits per heavy atom. The summed E-state index contributed by atoms with van der Waals surface area (Å²) in [5.41, 5.74) is -3.63. The van der Waals surface area contributed by atoms with Gasteiger partial charge in [0.1, 0.15) is 0 Å². The quantitative estimate of drug-likeness (QED) is 0.315. The van der Waals surface area contributed by atoms with Gasteiger partial charge < -0.3 is 5.11 Å². The van der Waals surface area contributed by atoms with E-state index in [1.54, 1.807) is 4.90 Å². The highest BCUT2D eigenvalue weighted by atomic mass is 19.4. The lowest BCUT2D eigenvalue weighted by Gasteiger charge is -2.45. The van der Waals surface area contributed by atoms with Crippen LogP contribution in [0, 0.1) is 11.8 Å². The Morgan fingerprint density at radius 1 is 0.875 bits per heavy atom. The molecule has 2 aromatic carbocycles. The minimum atomic E-state index is -4.96. The zero-order valence-corrected chi connectivity index (χ0v) is 21.8. The first kappa shape index (κ1) is 31.8. The molecule has 222 valence electrons. The minimum absolute atomic E-state index is 0.00305. The van der Waals surface area contributed by atoms with Crippen molar-refractivity contribution in [1.29, 1.82) is 0 Å². The van der Waals surface area contributed by atoms with E-state index in [0.29, 0.717) is 30.2 Å². The smallest absolute Gasteiger partial charge is 0.416 e. The van der Waals surface area contributed by atoms with Crippen LogP contribution in [-0.2, 0) is 23.3 Å². The molecule has 0 aliphatic carbocycles. The van der Waals surface area contributed by atoms with Gasteiger partial charge in [-0.15, -0.1) is 0 Å². The number of carbonyl (C=O) groups is 1. The van der Waals surface area contributed by atoms with Gasteiger partial charge in [0.05, 0.1) is 16.7 Å². The van der Waals surface area contributed by atoms with Crippen molar-refractivity contribution in [2.45, 2.75) is 76.6 Å². The van der Waals surface area contributed by atoms with Crippen molar-refractivity contribution >= 4 is 5.97 Å². The lowest BCUT2D eigenvalue weighted by Crippen LogP contribution is -2.41. The molecule has 0 amide bonds. The minimum Gasteiger partial charge on any atom is -0.481 e. The molecule has 1 aliphatic rings. The molecule has 12 heteroatoms. The standard InChI is InChI=1S/C28H30F9NO2/c1-16(2)3-10-23(21-15-20(27(32,33)34)8-9-22(21)28(35,36)37)38-12-11-17(14-25(39)40)13-24(38)18-4-6-19(7-5-18)26(29,30)31/h4-9,15-17,23-24H,3,10-14H2,1-2H3,(H,39,40)/t17-,23-,24-/m0/s1. The highest BCUT2D eigenvalue weighted by molar-refractivity contribution is 5.67. The molecular formula is C28H30F9NO2. The van der Waals surface area contributed by atoms with Crippen molar-refractivity contribution < 1.29 is 49.4 Å². The summed E-state index contributed by atoms with van der Waals surface area (Å²) in [6.07, 6.45) is -14.0. The summed E-state index contributed by atoms with van der Waals surface area (Å²) in [4.78, 5) is 13.0. The number of piperidine rings is 1. The van der Waals surface area contributed by atoms with E-state index in [1.165, 1.54) is 12.1 Å². The normalized spacial score (nSPS) is 20.1. The Bertz CT molecular complexity index is 1150. The van der Waals surface area contributed by atoms with Crippen LogP contribution < -0.4 is 0 Å². The van der Waals surface area contributed by atoms with Gasteiger partial charge in [0.15, 0.2) is 0 Å². The van der Waals surface area contributed by atoms with Crippen molar-refractivity contribution in [3.05, 3.63) is 70.3 Å². The number of benzene rings is 2. The predicted octanol–water partition coefficient (Wildman–Crippen LogP) is 9.15. The lowest BCUT2D eigenvalue weighted by atomic mass is 9.81. The van der Waals surface area contributed by atoms with Crippen LogP contribution in [-0.4, -0.2) is 22.5 Å². The van der Waals surface area contributed by atoms with Crippen LogP contribution in [0.1, 0.15) is 85.9 Å². The van der Waals surface area contributed by atoms with E-state index < -0.39 is 64.8 Å². The largest absolute Gasteiger partial charge is 0.481 e. The van der Waals surface area contributed by atoms with Gasteiger partial charge in [-0.2, -0.15) is 39.5 Å². The maximum absolute atomic E-state index is 14.1. The van der Waals surface area contributed by atoms with Crippen LogP contribution in [0.2, 0.25) is 0 Å². The average molecular weight is 584 g/mol. The molecule has 0 bridgehead atoms. The Labute approximate surface area is 226 Å². The molecule has 1 saturated heterocycles.